The lowest BCUT2D eigenvalue weighted by Gasteiger charge is -2.14. The van der Waals surface area contributed by atoms with Gasteiger partial charge >= 0.3 is 0 Å². The number of aromatic nitrogens is 2. The summed E-state index contributed by atoms with van der Waals surface area (Å²) in [6.07, 6.45) is 0. The Bertz CT molecular complexity index is 818. The summed E-state index contributed by atoms with van der Waals surface area (Å²) in [6, 6.07) is 15.8. The van der Waals surface area contributed by atoms with E-state index in [4.69, 9.17) is 9.15 Å². The van der Waals surface area contributed by atoms with E-state index in [9.17, 15) is 0 Å². The van der Waals surface area contributed by atoms with Gasteiger partial charge in [-0.05, 0) is 55.9 Å². The molecule has 3 aromatic rings. The molecule has 3 rings (SSSR count). The van der Waals surface area contributed by atoms with Gasteiger partial charge < -0.3 is 9.15 Å². The summed E-state index contributed by atoms with van der Waals surface area (Å²) in [6.45, 7) is 4.01. The van der Waals surface area contributed by atoms with E-state index in [-0.39, 0.29) is 0 Å². The Morgan fingerprint density at radius 3 is 2.68 bits per heavy atom. The van der Waals surface area contributed by atoms with Gasteiger partial charge in [-0.2, -0.15) is 0 Å². The SMILES string of the molecule is Cc1cccc(OCCN(C)Cc2nnc(-c3ccc(Br)cc3)o2)c1. The van der Waals surface area contributed by atoms with E-state index >= 15 is 0 Å². The van der Waals surface area contributed by atoms with E-state index in [0.717, 1.165) is 22.3 Å². The van der Waals surface area contributed by atoms with Crippen LogP contribution in [0, 0.1) is 6.92 Å². The molecule has 0 fully saturated rings. The van der Waals surface area contributed by atoms with Gasteiger partial charge in [-0.15, -0.1) is 10.2 Å². The summed E-state index contributed by atoms with van der Waals surface area (Å²) in [4.78, 5) is 2.09. The van der Waals surface area contributed by atoms with Crippen LogP contribution in [0.5, 0.6) is 5.75 Å². The largest absolute Gasteiger partial charge is 0.492 e. The van der Waals surface area contributed by atoms with Crippen LogP contribution in [-0.2, 0) is 6.54 Å². The molecule has 0 amide bonds. The summed E-state index contributed by atoms with van der Waals surface area (Å²) in [5, 5.41) is 8.24. The van der Waals surface area contributed by atoms with Gasteiger partial charge in [-0.1, -0.05) is 28.1 Å². The van der Waals surface area contributed by atoms with E-state index in [1.165, 1.54) is 5.56 Å². The zero-order chi connectivity index (χ0) is 17.6. The quantitative estimate of drug-likeness (QED) is 0.589. The van der Waals surface area contributed by atoms with Gasteiger partial charge in [0.2, 0.25) is 11.8 Å². The van der Waals surface area contributed by atoms with Gasteiger partial charge in [-0.3, -0.25) is 4.90 Å². The first-order chi connectivity index (χ1) is 12.1. The van der Waals surface area contributed by atoms with Crippen molar-refractivity contribution in [3.8, 4) is 17.2 Å². The van der Waals surface area contributed by atoms with Crippen LogP contribution in [0.3, 0.4) is 0 Å². The highest BCUT2D eigenvalue weighted by molar-refractivity contribution is 9.10. The molecular formula is C19H20BrN3O2. The van der Waals surface area contributed by atoms with E-state index in [0.29, 0.717) is 24.9 Å². The minimum Gasteiger partial charge on any atom is -0.492 e. The standard InChI is InChI=1S/C19H20BrN3O2/c1-14-4-3-5-17(12-14)24-11-10-23(2)13-18-21-22-19(25-18)15-6-8-16(20)9-7-15/h3-9,12H,10-11,13H2,1-2H3. The van der Waals surface area contributed by atoms with Crippen LogP contribution in [-0.4, -0.2) is 35.3 Å². The molecule has 1 aromatic heterocycles. The first-order valence-corrected chi connectivity index (χ1v) is 8.86. The fourth-order valence-electron chi connectivity index (χ4n) is 2.36. The van der Waals surface area contributed by atoms with Gasteiger partial charge in [0.15, 0.2) is 0 Å². The highest BCUT2D eigenvalue weighted by Gasteiger charge is 2.10. The molecule has 5 nitrogen and oxygen atoms in total. The summed E-state index contributed by atoms with van der Waals surface area (Å²) >= 11 is 3.42. The number of nitrogens with zero attached hydrogens (tertiary/aromatic N) is 3. The molecule has 0 spiro atoms. The maximum Gasteiger partial charge on any atom is 0.247 e. The molecule has 0 unspecified atom stereocenters. The molecule has 2 aromatic carbocycles. The van der Waals surface area contributed by atoms with Gasteiger partial charge in [-0.25, -0.2) is 0 Å². The number of rotatable bonds is 7. The number of halogens is 1. The van der Waals surface area contributed by atoms with E-state index in [1.54, 1.807) is 0 Å². The predicted molar refractivity (Wildman–Crippen MR) is 100 cm³/mol. The van der Waals surface area contributed by atoms with Crippen molar-refractivity contribution in [1.82, 2.24) is 15.1 Å². The lowest BCUT2D eigenvalue weighted by atomic mass is 10.2. The summed E-state index contributed by atoms with van der Waals surface area (Å²) in [7, 11) is 2.00. The van der Waals surface area contributed by atoms with E-state index in [1.807, 2.05) is 49.5 Å². The van der Waals surface area contributed by atoms with E-state index in [2.05, 4.69) is 44.0 Å². The first kappa shape index (κ1) is 17.6. The van der Waals surface area contributed by atoms with Crippen LogP contribution in [0.1, 0.15) is 11.5 Å². The van der Waals surface area contributed by atoms with Crippen LogP contribution in [0.4, 0.5) is 0 Å². The van der Waals surface area contributed by atoms with E-state index < -0.39 is 0 Å². The van der Waals surface area contributed by atoms with Crippen molar-refractivity contribution in [2.45, 2.75) is 13.5 Å². The number of aryl methyl sites for hydroxylation is 1. The lowest BCUT2D eigenvalue weighted by molar-refractivity contribution is 0.220. The number of likely N-dealkylation sites (N-methyl/N-ethyl adjacent to an activating group) is 1. The van der Waals surface area contributed by atoms with Crippen molar-refractivity contribution in [3.05, 3.63) is 64.5 Å². The smallest absolute Gasteiger partial charge is 0.247 e. The molecule has 0 saturated heterocycles. The Kier molecular flexibility index (Phi) is 5.83. The Morgan fingerprint density at radius 1 is 1.12 bits per heavy atom. The highest BCUT2D eigenvalue weighted by Crippen LogP contribution is 2.20. The summed E-state index contributed by atoms with van der Waals surface area (Å²) in [5.74, 6) is 2.02. The van der Waals surface area contributed by atoms with Crippen LogP contribution < -0.4 is 4.74 Å². The zero-order valence-electron chi connectivity index (χ0n) is 14.3. The molecule has 0 aliphatic rings. The Balaban J connectivity index is 1.49. The Hall–Kier alpha value is -2.18. The van der Waals surface area contributed by atoms with Crippen molar-refractivity contribution in [1.29, 1.82) is 0 Å². The molecule has 1 heterocycles. The first-order valence-electron chi connectivity index (χ1n) is 8.06. The van der Waals surface area contributed by atoms with Gasteiger partial charge in [0.1, 0.15) is 12.4 Å². The van der Waals surface area contributed by atoms with Crippen LogP contribution in [0.2, 0.25) is 0 Å². The predicted octanol–water partition coefficient (Wildman–Crippen LogP) is 4.32. The molecule has 25 heavy (non-hydrogen) atoms. The van der Waals surface area contributed by atoms with Crippen LogP contribution >= 0.6 is 15.9 Å². The molecule has 0 aliphatic heterocycles. The molecule has 0 N–H and O–H groups in total. The van der Waals surface area contributed by atoms with Crippen molar-refractivity contribution >= 4 is 15.9 Å². The van der Waals surface area contributed by atoms with Crippen LogP contribution in [0.25, 0.3) is 11.5 Å². The second-order valence-electron chi connectivity index (χ2n) is 5.91. The molecule has 0 saturated carbocycles. The Morgan fingerprint density at radius 2 is 1.92 bits per heavy atom. The fraction of sp³-hybridized carbons (Fsp3) is 0.263. The fourth-order valence-corrected chi connectivity index (χ4v) is 2.63. The molecule has 0 aliphatic carbocycles. The van der Waals surface area contributed by atoms with Gasteiger partial charge in [0.25, 0.3) is 0 Å². The monoisotopic (exact) mass is 401 g/mol. The lowest BCUT2D eigenvalue weighted by Crippen LogP contribution is -2.24. The minimum absolute atomic E-state index is 0.534. The molecular weight excluding hydrogens is 382 g/mol. The maximum absolute atomic E-state index is 5.77. The normalized spacial score (nSPS) is 11.0. The van der Waals surface area contributed by atoms with Crippen molar-refractivity contribution in [2.24, 2.45) is 0 Å². The minimum atomic E-state index is 0.534. The third-order valence-corrected chi connectivity index (χ3v) is 4.22. The van der Waals surface area contributed by atoms with Crippen molar-refractivity contribution in [2.75, 3.05) is 20.2 Å². The topological polar surface area (TPSA) is 51.4 Å². The molecule has 0 atom stereocenters. The van der Waals surface area contributed by atoms with Gasteiger partial charge in [0, 0.05) is 16.6 Å². The third-order valence-electron chi connectivity index (χ3n) is 3.69. The summed E-state index contributed by atoms with van der Waals surface area (Å²) < 4.78 is 12.5. The average molecular weight is 402 g/mol. The van der Waals surface area contributed by atoms with Gasteiger partial charge in [0.05, 0.1) is 6.54 Å². The Labute approximate surface area is 155 Å². The molecule has 0 bridgehead atoms. The molecule has 0 radical (unpaired) electrons. The second kappa shape index (κ2) is 8.27. The summed E-state index contributed by atoms with van der Waals surface area (Å²) in [5.41, 5.74) is 2.10. The number of hydrogen-bond donors (Lipinski definition) is 0. The number of ether oxygens (including phenoxy) is 1. The number of hydrogen-bond acceptors (Lipinski definition) is 5. The maximum atomic E-state index is 5.77. The van der Waals surface area contributed by atoms with Crippen LogP contribution in [0.15, 0.2) is 57.4 Å². The third kappa shape index (κ3) is 5.14. The molecule has 130 valence electrons. The van der Waals surface area contributed by atoms with Crippen molar-refractivity contribution in [3.63, 3.8) is 0 Å². The average Bonchev–Trinajstić information content (AvgIpc) is 3.04. The second-order valence-corrected chi connectivity index (χ2v) is 6.83. The van der Waals surface area contributed by atoms with Crippen molar-refractivity contribution < 1.29 is 9.15 Å². The zero-order valence-corrected chi connectivity index (χ0v) is 15.9. The highest BCUT2D eigenvalue weighted by atomic mass is 79.9. The molecule has 6 heteroatoms. The number of benzene rings is 2.